The first-order valence-corrected chi connectivity index (χ1v) is 6.65. The lowest BCUT2D eigenvalue weighted by atomic mass is 10.0. The fourth-order valence-electron chi connectivity index (χ4n) is 1.89. The van der Waals surface area contributed by atoms with Gasteiger partial charge in [-0.2, -0.15) is 19.6 Å². The molecule has 0 unspecified atom stereocenters. The molecule has 0 N–H and O–H groups in total. The molecule has 0 radical (unpaired) electrons. The summed E-state index contributed by atoms with van der Waals surface area (Å²) < 4.78 is 7.37. The summed E-state index contributed by atoms with van der Waals surface area (Å²) in [5, 5.41) is 4.39. The first-order chi connectivity index (χ1) is 9.63. The Bertz CT molecular complexity index is 754. The molecule has 2 aromatic heterocycles. The van der Waals surface area contributed by atoms with Crippen LogP contribution in [0.25, 0.3) is 5.78 Å². The van der Waals surface area contributed by atoms with Gasteiger partial charge in [-0.25, -0.2) is 0 Å². The second-order valence-corrected chi connectivity index (χ2v) is 5.11. The molecule has 5 nitrogen and oxygen atoms in total. The van der Waals surface area contributed by atoms with Gasteiger partial charge in [0.25, 0.3) is 5.78 Å². The minimum atomic E-state index is 0.320. The molecule has 0 aliphatic rings. The van der Waals surface area contributed by atoms with E-state index in [1.54, 1.807) is 6.07 Å². The lowest BCUT2D eigenvalue weighted by molar-refractivity contribution is 0.445. The van der Waals surface area contributed by atoms with E-state index in [1.165, 1.54) is 16.4 Å². The molecule has 1 aromatic carbocycles. The van der Waals surface area contributed by atoms with Crippen LogP contribution in [0.2, 0.25) is 5.15 Å². The van der Waals surface area contributed by atoms with Gasteiger partial charge in [-0.3, -0.25) is 0 Å². The number of nitrogens with zero attached hydrogens (tertiary/aromatic N) is 4. The zero-order chi connectivity index (χ0) is 14.1. The summed E-state index contributed by atoms with van der Waals surface area (Å²) in [7, 11) is 0. The van der Waals surface area contributed by atoms with Crippen molar-refractivity contribution < 1.29 is 4.74 Å². The zero-order valence-electron chi connectivity index (χ0n) is 11.1. The lowest BCUT2D eigenvalue weighted by Gasteiger charge is -2.10. The van der Waals surface area contributed by atoms with Crippen molar-refractivity contribution in [2.24, 2.45) is 0 Å². The number of hydrogen-bond acceptors (Lipinski definition) is 4. The minimum absolute atomic E-state index is 0.320. The van der Waals surface area contributed by atoms with E-state index in [4.69, 9.17) is 16.3 Å². The molecule has 2 heterocycles. The largest absolute Gasteiger partial charge is 0.439 e. The molecule has 102 valence electrons. The summed E-state index contributed by atoms with van der Waals surface area (Å²) in [6, 6.07) is 9.55. The highest BCUT2D eigenvalue weighted by molar-refractivity contribution is 6.29. The van der Waals surface area contributed by atoms with Gasteiger partial charge in [0.1, 0.15) is 17.2 Å². The van der Waals surface area contributed by atoms with Crippen molar-refractivity contribution >= 4 is 17.4 Å². The van der Waals surface area contributed by atoms with Crippen molar-refractivity contribution in [3.63, 3.8) is 0 Å². The molecular weight excluding hydrogens is 276 g/mol. The van der Waals surface area contributed by atoms with Crippen LogP contribution in [0.1, 0.15) is 25.3 Å². The van der Waals surface area contributed by atoms with Gasteiger partial charge in [0.15, 0.2) is 0 Å². The molecule has 0 fully saturated rings. The standard InChI is InChI=1S/C14H13ClN4O/c1-9(2)10-4-3-5-11(6-10)20-13-7-12(15)18-14-16-8-17-19(13)14/h3-9H,1-2H3. The predicted molar refractivity (Wildman–Crippen MR) is 76.4 cm³/mol. The van der Waals surface area contributed by atoms with Crippen molar-refractivity contribution in [3.05, 3.63) is 47.4 Å². The number of hydrogen-bond donors (Lipinski definition) is 0. The highest BCUT2D eigenvalue weighted by atomic mass is 35.5. The van der Waals surface area contributed by atoms with Crippen molar-refractivity contribution in [2.45, 2.75) is 19.8 Å². The number of ether oxygens (including phenoxy) is 1. The number of aromatic nitrogens is 4. The van der Waals surface area contributed by atoms with Gasteiger partial charge in [0.05, 0.1) is 0 Å². The monoisotopic (exact) mass is 288 g/mol. The van der Waals surface area contributed by atoms with Crippen LogP contribution in [0.3, 0.4) is 0 Å². The SMILES string of the molecule is CC(C)c1cccc(Oc2cc(Cl)nc3ncnn23)c1. The van der Waals surface area contributed by atoms with Gasteiger partial charge in [-0.05, 0) is 23.6 Å². The van der Waals surface area contributed by atoms with Gasteiger partial charge >= 0.3 is 0 Å². The summed E-state index contributed by atoms with van der Waals surface area (Å²) in [5.74, 6) is 2.06. The van der Waals surface area contributed by atoms with Gasteiger partial charge < -0.3 is 4.74 Å². The van der Waals surface area contributed by atoms with E-state index in [1.807, 2.05) is 18.2 Å². The molecule has 3 aromatic rings. The molecule has 20 heavy (non-hydrogen) atoms. The Morgan fingerprint density at radius 3 is 2.90 bits per heavy atom. The van der Waals surface area contributed by atoms with Crippen LogP contribution in [0.15, 0.2) is 36.7 Å². The van der Waals surface area contributed by atoms with Crippen LogP contribution >= 0.6 is 11.6 Å². The van der Waals surface area contributed by atoms with Crippen molar-refractivity contribution in [1.29, 1.82) is 0 Å². The van der Waals surface area contributed by atoms with Crippen molar-refractivity contribution in [3.8, 4) is 11.6 Å². The fourth-order valence-corrected chi connectivity index (χ4v) is 2.06. The molecule has 0 saturated carbocycles. The summed E-state index contributed by atoms with van der Waals surface area (Å²) in [5.41, 5.74) is 1.21. The van der Waals surface area contributed by atoms with E-state index in [-0.39, 0.29) is 0 Å². The zero-order valence-corrected chi connectivity index (χ0v) is 11.9. The van der Waals surface area contributed by atoms with E-state index in [9.17, 15) is 0 Å². The first-order valence-electron chi connectivity index (χ1n) is 6.27. The molecule has 6 heteroatoms. The Morgan fingerprint density at radius 1 is 1.25 bits per heavy atom. The number of rotatable bonds is 3. The van der Waals surface area contributed by atoms with E-state index in [2.05, 4.69) is 35.0 Å². The quantitative estimate of drug-likeness (QED) is 0.690. The minimum Gasteiger partial charge on any atom is -0.439 e. The number of fused-ring (bicyclic) bond motifs is 1. The van der Waals surface area contributed by atoms with Gasteiger partial charge in [-0.1, -0.05) is 37.6 Å². The van der Waals surface area contributed by atoms with Crippen molar-refractivity contribution in [1.82, 2.24) is 19.6 Å². The maximum atomic E-state index is 5.96. The van der Waals surface area contributed by atoms with Crippen LogP contribution in [0.4, 0.5) is 0 Å². The third-order valence-corrected chi connectivity index (χ3v) is 3.13. The topological polar surface area (TPSA) is 52.3 Å². The Hall–Kier alpha value is -2.14. The molecule has 0 atom stereocenters. The molecule has 0 bridgehead atoms. The second kappa shape index (κ2) is 5.09. The summed E-state index contributed by atoms with van der Waals surface area (Å²) in [4.78, 5) is 8.06. The Kier molecular flexibility index (Phi) is 3.28. The van der Waals surface area contributed by atoms with Gasteiger partial charge in [0.2, 0.25) is 5.88 Å². The number of halogens is 1. The lowest BCUT2D eigenvalue weighted by Crippen LogP contribution is -1.98. The summed E-state index contributed by atoms with van der Waals surface area (Å²) in [6.07, 6.45) is 1.41. The summed E-state index contributed by atoms with van der Waals surface area (Å²) >= 11 is 5.96. The molecule has 3 rings (SSSR count). The number of benzene rings is 1. The van der Waals surface area contributed by atoms with E-state index in [0.717, 1.165) is 5.75 Å². The third-order valence-electron chi connectivity index (χ3n) is 2.94. The van der Waals surface area contributed by atoms with Crippen LogP contribution in [-0.4, -0.2) is 19.6 Å². The fraction of sp³-hybridized carbons (Fsp3) is 0.214. The molecule has 0 saturated heterocycles. The Morgan fingerprint density at radius 2 is 2.10 bits per heavy atom. The maximum absolute atomic E-state index is 5.96. The molecule has 0 spiro atoms. The molecular formula is C14H13ClN4O. The predicted octanol–water partition coefficient (Wildman–Crippen LogP) is 3.69. The van der Waals surface area contributed by atoms with Crippen LogP contribution < -0.4 is 4.74 Å². The Labute approximate surface area is 121 Å². The van der Waals surface area contributed by atoms with Gasteiger partial charge in [0, 0.05) is 6.07 Å². The van der Waals surface area contributed by atoms with Crippen molar-refractivity contribution in [2.75, 3.05) is 0 Å². The Balaban J connectivity index is 2.00. The maximum Gasteiger partial charge on any atom is 0.256 e. The van der Waals surface area contributed by atoms with Crippen LogP contribution in [0.5, 0.6) is 11.6 Å². The molecule has 0 aliphatic heterocycles. The smallest absolute Gasteiger partial charge is 0.256 e. The van der Waals surface area contributed by atoms with Crippen LogP contribution in [0, 0.1) is 0 Å². The third kappa shape index (κ3) is 2.44. The van der Waals surface area contributed by atoms with E-state index >= 15 is 0 Å². The van der Waals surface area contributed by atoms with Gasteiger partial charge in [-0.15, -0.1) is 0 Å². The van der Waals surface area contributed by atoms with E-state index < -0.39 is 0 Å². The highest BCUT2D eigenvalue weighted by Crippen LogP contribution is 2.26. The normalized spacial score (nSPS) is 11.2. The first kappa shape index (κ1) is 12.9. The summed E-state index contributed by atoms with van der Waals surface area (Å²) in [6.45, 7) is 4.27. The molecule has 0 amide bonds. The van der Waals surface area contributed by atoms with E-state index in [0.29, 0.717) is 22.7 Å². The average molecular weight is 289 g/mol. The van der Waals surface area contributed by atoms with Crippen LogP contribution in [-0.2, 0) is 0 Å². The second-order valence-electron chi connectivity index (χ2n) is 4.72. The molecule has 0 aliphatic carbocycles. The average Bonchev–Trinajstić information content (AvgIpc) is 2.87. The highest BCUT2D eigenvalue weighted by Gasteiger charge is 2.09.